The quantitative estimate of drug-likeness (QED) is 0.778. The minimum absolute atomic E-state index is 0.639. The van der Waals surface area contributed by atoms with Crippen molar-refractivity contribution in [2.24, 2.45) is 0 Å². The Kier molecular flexibility index (Phi) is 2.87. The molecule has 3 aromatic rings. The number of aromatic nitrogens is 4. The molecule has 5 nitrogen and oxygen atoms in total. The number of nitrogens with two attached hydrogens (primary N) is 1. The number of fused-ring (bicyclic) bond motifs is 1. The second-order valence-electron chi connectivity index (χ2n) is 4.44. The number of hydrogen-bond acceptors (Lipinski definition) is 4. The summed E-state index contributed by atoms with van der Waals surface area (Å²) in [6.07, 6.45) is 6.22. The van der Waals surface area contributed by atoms with Crippen molar-refractivity contribution in [1.82, 2.24) is 19.5 Å². The average Bonchev–Trinajstić information content (AvgIpc) is 2.79. The number of imidazole rings is 1. The first-order valence-corrected chi connectivity index (χ1v) is 6.31. The van der Waals surface area contributed by atoms with Gasteiger partial charge in [-0.05, 0) is 24.6 Å². The lowest BCUT2D eigenvalue weighted by Gasteiger charge is -2.07. The van der Waals surface area contributed by atoms with Crippen LogP contribution in [-0.2, 0) is 6.54 Å². The smallest absolute Gasteiger partial charge is 0.160 e. The van der Waals surface area contributed by atoms with Crippen molar-refractivity contribution < 1.29 is 0 Å². The largest absolute Gasteiger partial charge is 0.397 e. The first-order chi connectivity index (χ1) is 9.29. The van der Waals surface area contributed by atoms with Gasteiger partial charge in [-0.25, -0.2) is 9.97 Å². The highest BCUT2D eigenvalue weighted by molar-refractivity contribution is 5.77. The van der Waals surface area contributed by atoms with Gasteiger partial charge in [0.05, 0.1) is 5.69 Å². The van der Waals surface area contributed by atoms with Gasteiger partial charge in [0.1, 0.15) is 11.3 Å². The van der Waals surface area contributed by atoms with Crippen molar-refractivity contribution in [1.29, 1.82) is 0 Å². The lowest BCUT2D eigenvalue weighted by Crippen LogP contribution is -2.01. The topological polar surface area (TPSA) is 69.6 Å². The van der Waals surface area contributed by atoms with Crippen LogP contribution in [-0.4, -0.2) is 19.5 Å². The Morgan fingerprint density at radius 2 is 2.21 bits per heavy atom. The molecule has 0 saturated carbocycles. The Morgan fingerprint density at radius 3 is 3.00 bits per heavy atom. The van der Waals surface area contributed by atoms with Gasteiger partial charge in [0.2, 0.25) is 0 Å². The molecule has 2 N–H and O–H groups in total. The van der Waals surface area contributed by atoms with E-state index >= 15 is 0 Å². The van der Waals surface area contributed by atoms with Crippen molar-refractivity contribution in [3.63, 3.8) is 0 Å². The molecule has 0 radical (unpaired) electrons. The van der Waals surface area contributed by atoms with Crippen LogP contribution in [0.15, 0.2) is 36.8 Å². The van der Waals surface area contributed by atoms with Gasteiger partial charge in [-0.15, -0.1) is 0 Å². The van der Waals surface area contributed by atoms with E-state index in [1.165, 1.54) is 0 Å². The Balaban J connectivity index is 2.25. The summed E-state index contributed by atoms with van der Waals surface area (Å²) in [6.45, 7) is 3.01. The molecule has 0 atom stereocenters. The van der Waals surface area contributed by atoms with E-state index in [1.807, 2.05) is 18.2 Å². The third kappa shape index (κ3) is 2.03. The van der Waals surface area contributed by atoms with Gasteiger partial charge in [0, 0.05) is 30.7 Å². The van der Waals surface area contributed by atoms with Crippen molar-refractivity contribution in [2.45, 2.75) is 19.9 Å². The molecular weight excluding hydrogens is 238 g/mol. The second kappa shape index (κ2) is 4.68. The molecule has 96 valence electrons. The Bertz CT molecular complexity index is 717. The first kappa shape index (κ1) is 11.6. The van der Waals surface area contributed by atoms with E-state index in [0.29, 0.717) is 5.69 Å². The molecule has 0 bridgehead atoms. The Hall–Kier alpha value is -2.43. The molecule has 5 heteroatoms. The number of anilines is 1. The molecule has 0 fully saturated rings. The molecule has 0 unspecified atom stereocenters. The first-order valence-electron chi connectivity index (χ1n) is 6.31. The van der Waals surface area contributed by atoms with Crippen molar-refractivity contribution in [2.75, 3.05) is 5.73 Å². The molecule has 19 heavy (non-hydrogen) atoms. The monoisotopic (exact) mass is 253 g/mol. The van der Waals surface area contributed by atoms with Crippen LogP contribution < -0.4 is 5.73 Å². The standard InChI is InChI=1S/C14H15N5/c1-2-6-19-13(10-7-11(15)9-16-8-10)18-12-4-3-5-17-14(12)19/h3-5,7-9H,2,6,15H2,1H3. The normalized spacial score (nSPS) is 11.0. The van der Waals surface area contributed by atoms with Gasteiger partial charge < -0.3 is 10.3 Å². The summed E-state index contributed by atoms with van der Waals surface area (Å²) < 4.78 is 2.12. The lowest BCUT2D eigenvalue weighted by atomic mass is 10.2. The van der Waals surface area contributed by atoms with E-state index in [-0.39, 0.29) is 0 Å². The van der Waals surface area contributed by atoms with E-state index in [9.17, 15) is 0 Å². The summed E-state index contributed by atoms with van der Waals surface area (Å²) in [7, 11) is 0. The third-order valence-corrected chi connectivity index (χ3v) is 2.97. The highest BCUT2D eigenvalue weighted by Crippen LogP contribution is 2.24. The van der Waals surface area contributed by atoms with Crippen molar-refractivity contribution in [3.8, 4) is 11.4 Å². The highest BCUT2D eigenvalue weighted by atomic mass is 15.1. The fraction of sp³-hybridized carbons (Fsp3) is 0.214. The number of aryl methyl sites for hydroxylation is 1. The zero-order valence-electron chi connectivity index (χ0n) is 10.7. The van der Waals surface area contributed by atoms with Crippen LogP contribution in [0.4, 0.5) is 5.69 Å². The zero-order chi connectivity index (χ0) is 13.2. The summed E-state index contributed by atoms with van der Waals surface area (Å²) >= 11 is 0. The molecule has 0 aromatic carbocycles. The van der Waals surface area contributed by atoms with Gasteiger partial charge >= 0.3 is 0 Å². The van der Waals surface area contributed by atoms with Crippen LogP contribution in [0.2, 0.25) is 0 Å². The summed E-state index contributed by atoms with van der Waals surface area (Å²) in [5.41, 5.74) is 9.16. The molecule has 0 saturated heterocycles. The summed E-state index contributed by atoms with van der Waals surface area (Å²) in [5.74, 6) is 0.871. The SMILES string of the molecule is CCCn1c(-c2cncc(N)c2)nc2cccnc21. The zero-order valence-corrected chi connectivity index (χ0v) is 10.7. The number of hydrogen-bond donors (Lipinski definition) is 1. The molecular formula is C14H15N5. The molecule has 3 heterocycles. The van der Waals surface area contributed by atoms with Crippen LogP contribution in [0.25, 0.3) is 22.6 Å². The minimum Gasteiger partial charge on any atom is -0.397 e. The van der Waals surface area contributed by atoms with E-state index < -0.39 is 0 Å². The number of nitrogen functional groups attached to an aromatic ring is 1. The maximum atomic E-state index is 5.80. The van der Waals surface area contributed by atoms with E-state index in [2.05, 4.69) is 26.4 Å². The van der Waals surface area contributed by atoms with Crippen LogP contribution in [0.5, 0.6) is 0 Å². The number of rotatable bonds is 3. The van der Waals surface area contributed by atoms with E-state index in [4.69, 9.17) is 5.73 Å². The molecule has 3 rings (SSSR count). The third-order valence-electron chi connectivity index (χ3n) is 2.97. The van der Waals surface area contributed by atoms with Crippen LogP contribution in [0, 0.1) is 0 Å². The van der Waals surface area contributed by atoms with Gasteiger partial charge in [-0.2, -0.15) is 0 Å². The van der Waals surface area contributed by atoms with Crippen molar-refractivity contribution >= 4 is 16.9 Å². The lowest BCUT2D eigenvalue weighted by molar-refractivity contribution is 0.698. The molecule has 0 amide bonds. The Labute approximate surface area is 111 Å². The van der Waals surface area contributed by atoms with E-state index in [0.717, 1.165) is 35.5 Å². The van der Waals surface area contributed by atoms with Crippen LogP contribution in [0.3, 0.4) is 0 Å². The fourth-order valence-corrected chi connectivity index (χ4v) is 2.19. The fourth-order valence-electron chi connectivity index (χ4n) is 2.19. The summed E-state index contributed by atoms with van der Waals surface area (Å²) in [6, 6.07) is 5.76. The predicted molar refractivity (Wildman–Crippen MR) is 75.5 cm³/mol. The molecule has 0 aliphatic carbocycles. The molecule has 3 aromatic heterocycles. The maximum Gasteiger partial charge on any atom is 0.160 e. The number of pyridine rings is 2. The van der Waals surface area contributed by atoms with Crippen LogP contribution in [0.1, 0.15) is 13.3 Å². The van der Waals surface area contributed by atoms with E-state index in [1.54, 1.807) is 18.6 Å². The van der Waals surface area contributed by atoms with Crippen molar-refractivity contribution in [3.05, 3.63) is 36.8 Å². The second-order valence-corrected chi connectivity index (χ2v) is 4.44. The Morgan fingerprint density at radius 1 is 1.32 bits per heavy atom. The molecule has 0 spiro atoms. The van der Waals surface area contributed by atoms with Gasteiger partial charge in [0.25, 0.3) is 0 Å². The van der Waals surface area contributed by atoms with Gasteiger partial charge in [-0.3, -0.25) is 4.98 Å². The summed E-state index contributed by atoms with van der Waals surface area (Å²) in [5, 5.41) is 0. The molecule has 0 aliphatic heterocycles. The number of nitrogens with zero attached hydrogens (tertiary/aromatic N) is 4. The molecule has 0 aliphatic rings. The minimum atomic E-state index is 0.639. The summed E-state index contributed by atoms with van der Waals surface area (Å²) in [4.78, 5) is 13.2. The highest BCUT2D eigenvalue weighted by Gasteiger charge is 2.13. The van der Waals surface area contributed by atoms with Gasteiger partial charge in [0.15, 0.2) is 5.65 Å². The average molecular weight is 253 g/mol. The predicted octanol–water partition coefficient (Wildman–Crippen LogP) is 2.49. The van der Waals surface area contributed by atoms with Gasteiger partial charge in [-0.1, -0.05) is 6.92 Å². The maximum absolute atomic E-state index is 5.80. The van der Waals surface area contributed by atoms with Crippen LogP contribution >= 0.6 is 0 Å².